The Bertz CT molecular complexity index is 544. The number of nitrogens with zero attached hydrogens (tertiary/aromatic N) is 2. The van der Waals surface area contributed by atoms with Gasteiger partial charge < -0.3 is 9.80 Å². The third-order valence-electron chi connectivity index (χ3n) is 4.21. The van der Waals surface area contributed by atoms with Gasteiger partial charge in [-0.1, -0.05) is 60.7 Å². The molecule has 2 aromatic carbocycles. The third kappa shape index (κ3) is 3.67. The van der Waals surface area contributed by atoms with Crippen LogP contribution in [0, 0.1) is 0 Å². The molecule has 114 valence electrons. The fourth-order valence-electron chi connectivity index (χ4n) is 2.87. The van der Waals surface area contributed by atoms with E-state index in [0.29, 0.717) is 0 Å². The van der Waals surface area contributed by atoms with Gasteiger partial charge in [0.1, 0.15) is 0 Å². The first-order chi connectivity index (χ1) is 10.8. The fourth-order valence-corrected chi connectivity index (χ4v) is 2.87. The van der Waals surface area contributed by atoms with Crippen molar-refractivity contribution in [3.63, 3.8) is 0 Å². The van der Waals surface area contributed by atoms with Crippen LogP contribution in [-0.2, 0) is 12.8 Å². The molecule has 0 aromatic heterocycles. The van der Waals surface area contributed by atoms with Gasteiger partial charge in [0.15, 0.2) is 0 Å². The van der Waals surface area contributed by atoms with Crippen molar-refractivity contribution < 1.29 is 4.79 Å². The average Bonchev–Trinajstić information content (AvgIpc) is 2.93. The first-order valence-electron chi connectivity index (χ1n) is 7.94. The maximum absolute atomic E-state index is 12.4. The summed E-state index contributed by atoms with van der Waals surface area (Å²) >= 11 is 0. The Morgan fingerprint density at radius 2 is 1.09 bits per heavy atom. The monoisotopic (exact) mass is 294 g/mol. The molecular formula is C19H22N2O. The van der Waals surface area contributed by atoms with Crippen LogP contribution in [0.25, 0.3) is 0 Å². The van der Waals surface area contributed by atoms with Gasteiger partial charge in [-0.15, -0.1) is 0 Å². The molecule has 22 heavy (non-hydrogen) atoms. The molecular weight excluding hydrogens is 272 g/mol. The molecule has 0 spiro atoms. The van der Waals surface area contributed by atoms with Crippen molar-refractivity contribution in [2.75, 3.05) is 26.2 Å². The molecule has 0 atom stereocenters. The normalized spacial score (nSPS) is 14.6. The first-order valence-corrected chi connectivity index (χ1v) is 7.94. The Labute approximate surface area is 132 Å². The molecule has 2 aromatic rings. The van der Waals surface area contributed by atoms with Gasteiger partial charge in [0.25, 0.3) is 0 Å². The largest absolute Gasteiger partial charge is 0.323 e. The molecule has 3 nitrogen and oxygen atoms in total. The predicted molar refractivity (Wildman–Crippen MR) is 88.8 cm³/mol. The van der Waals surface area contributed by atoms with Crippen LogP contribution < -0.4 is 0 Å². The van der Waals surface area contributed by atoms with Crippen molar-refractivity contribution in [2.45, 2.75) is 12.8 Å². The average molecular weight is 294 g/mol. The van der Waals surface area contributed by atoms with Gasteiger partial charge in [-0.25, -0.2) is 4.79 Å². The van der Waals surface area contributed by atoms with E-state index in [1.807, 2.05) is 46.2 Å². The van der Waals surface area contributed by atoms with Crippen molar-refractivity contribution in [3.05, 3.63) is 71.8 Å². The lowest BCUT2D eigenvalue weighted by atomic mass is 10.1. The minimum Gasteiger partial charge on any atom is -0.323 e. The number of amides is 2. The van der Waals surface area contributed by atoms with Crippen molar-refractivity contribution in [1.29, 1.82) is 0 Å². The summed E-state index contributed by atoms with van der Waals surface area (Å²) in [4.78, 5) is 16.3. The molecule has 1 saturated heterocycles. The zero-order valence-electron chi connectivity index (χ0n) is 12.8. The number of hydrogen-bond donors (Lipinski definition) is 0. The van der Waals surface area contributed by atoms with E-state index in [0.717, 1.165) is 39.0 Å². The van der Waals surface area contributed by atoms with Gasteiger partial charge in [0.05, 0.1) is 0 Å². The van der Waals surface area contributed by atoms with Crippen LogP contribution >= 0.6 is 0 Å². The summed E-state index contributed by atoms with van der Waals surface area (Å²) in [6, 6.07) is 20.9. The van der Waals surface area contributed by atoms with Crippen LogP contribution in [0.15, 0.2) is 60.7 Å². The standard InChI is InChI=1S/C19H22N2O/c22-19-20(13-11-17-7-3-1-4-8-17)15-16-21(19)14-12-18-9-5-2-6-10-18/h1-10H,11-16H2. The van der Waals surface area contributed by atoms with E-state index < -0.39 is 0 Å². The molecule has 1 heterocycles. The topological polar surface area (TPSA) is 23.6 Å². The van der Waals surface area contributed by atoms with Crippen molar-refractivity contribution in [1.82, 2.24) is 9.80 Å². The highest BCUT2D eigenvalue weighted by atomic mass is 16.2. The van der Waals surface area contributed by atoms with E-state index >= 15 is 0 Å². The highest BCUT2D eigenvalue weighted by Crippen LogP contribution is 2.12. The minimum atomic E-state index is 0.187. The second-order valence-electron chi connectivity index (χ2n) is 5.73. The molecule has 1 aliphatic rings. The summed E-state index contributed by atoms with van der Waals surface area (Å²) in [7, 11) is 0. The minimum absolute atomic E-state index is 0.187. The molecule has 2 amide bonds. The zero-order valence-corrected chi connectivity index (χ0v) is 12.8. The van der Waals surface area contributed by atoms with Crippen molar-refractivity contribution in [2.24, 2.45) is 0 Å². The lowest BCUT2D eigenvalue weighted by Gasteiger charge is -2.18. The summed E-state index contributed by atoms with van der Waals surface area (Å²) in [5, 5.41) is 0. The van der Waals surface area contributed by atoms with E-state index in [1.54, 1.807) is 0 Å². The second kappa shape index (κ2) is 7.12. The first kappa shape index (κ1) is 14.6. The summed E-state index contributed by atoms with van der Waals surface area (Å²) in [6.07, 6.45) is 1.86. The summed E-state index contributed by atoms with van der Waals surface area (Å²) in [5.74, 6) is 0. The Morgan fingerprint density at radius 3 is 1.50 bits per heavy atom. The molecule has 3 heteroatoms. The van der Waals surface area contributed by atoms with Gasteiger partial charge >= 0.3 is 6.03 Å². The van der Waals surface area contributed by atoms with Gasteiger partial charge in [0, 0.05) is 26.2 Å². The Hall–Kier alpha value is -2.29. The molecule has 0 radical (unpaired) electrons. The Morgan fingerprint density at radius 1 is 0.682 bits per heavy atom. The smallest absolute Gasteiger partial charge is 0.320 e. The van der Waals surface area contributed by atoms with Gasteiger partial charge in [-0.05, 0) is 24.0 Å². The highest BCUT2D eigenvalue weighted by molar-refractivity contribution is 5.76. The number of carbonyl (C=O) groups is 1. The quantitative estimate of drug-likeness (QED) is 0.802. The van der Waals surface area contributed by atoms with Crippen LogP contribution in [0.4, 0.5) is 4.79 Å². The third-order valence-corrected chi connectivity index (χ3v) is 4.21. The summed E-state index contributed by atoms with van der Waals surface area (Å²) < 4.78 is 0. The maximum Gasteiger partial charge on any atom is 0.320 e. The van der Waals surface area contributed by atoms with Crippen LogP contribution in [0.2, 0.25) is 0 Å². The number of urea groups is 1. The Balaban J connectivity index is 1.47. The van der Waals surface area contributed by atoms with E-state index in [9.17, 15) is 4.79 Å². The van der Waals surface area contributed by atoms with Crippen molar-refractivity contribution >= 4 is 6.03 Å². The molecule has 0 unspecified atom stereocenters. The van der Waals surface area contributed by atoms with Gasteiger partial charge in [0.2, 0.25) is 0 Å². The zero-order chi connectivity index (χ0) is 15.2. The maximum atomic E-state index is 12.4. The molecule has 0 saturated carbocycles. The van der Waals surface area contributed by atoms with E-state index in [4.69, 9.17) is 0 Å². The number of carbonyl (C=O) groups excluding carboxylic acids is 1. The molecule has 1 aliphatic heterocycles. The van der Waals surface area contributed by atoms with Crippen molar-refractivity contribution in [3.8, 4) is 0 Å². The van der Waals surface area contributed by atoms with E-state index in [-0.39, 0.29) is 6.03 Å². The fraction of sp³-hybridized carbons (Fsp3) is 0.316. The van der Waals surface area contributed by atoms with Crippen LogP contribution in [0.3, 0.4) is 0 Å². The SMILES string of the molecule is O=C1N(CCc2ccccc2)CCN1CCc1ccccc1. The number of rotatable bonds is 6. The number of hydrogen-bond acceptors (Lipinski definition) is 1. The second-order valence-corrected chi connectivity index (χ2v) is 5.73. The Kier molecular flexibility index (Phi) is 4.74. The molecule has 0 bridgehead atoms. The number of benzene rings is 2. The van der Waals surface area contributed by atoms with Crippen LogP contribution in [0.1, 0.15) is 11.1 Å². The predicted octanol–water partition coefficient (Wildman–Crippen LogP) is 3.21. The van der Waals surface area contributed by atoms with E-state index in [1.165, 1.54) is 11.1 Å². The lowest BCUT2D eigenvalue weighted by Crippen LogP contribution is -2.34. The van der Waals surface area contributed by atoms with Gasteiger partial charge in [-0.3, -0.25) is 0 Å². The van der Waals surface area contributed by atoms with E-state index in [2.05, 4.69) is 24.3 Å². The van der Waals surface area contributed by atoms with Gasteiger partial charge in [-0.2, -0.15) is 0 Å². The van der Waals surface area contributed by atoms with Crippen LogP contribution in [0.5, 0.6) is 0 Å². The molecule has 0 aliphatic carbocycles. The summed E-state index contributed by atoms with van der Waals surface area (Å²) in [6.45, 7) is 3.32. The van der Waals surface area contributed by atoms with Crippen LogP contribution in [-0.4, -0.2) is 42.0 Å². The molecule has 0 N–H and O–H groups in total. The lowest BCUT2D eigenvalue weighted by molar-refractivity contribution is 0.193. The molecule has 3 rings (SSSR count). The summed E-state index contributed by atoms with van der Waals surface area (Å²) in [5.41, 5.74) is 2.58. The molecule has 1 fully saturated rings. The highest BCUT2D eigenvalue weighted by Gasteiger charge is 2.27.